The fourth-order valence-electron chi connectivity index (χ4n) is 3.91. The van der Waals surface area contributed by atoms with Crippen LogP contribution in [-0.2, 0) is 16.1 Å². The van der Waals surface area contributed by atoms with Crippen LogP contribution in [0.5, 0.6) is 5.75 Å². The molecular formula is C23H23ClF2N4O3. The van der Waals surface area contributed by atoms with Gasteiger partial charge in [-0.1, -0.05) is 11.6 Å². The summed E-state index contributed by atoms with van der Waals surface area (Å²) in [5, 5.41) is 6.36. The lowest BCUT2D eigenvalue weighted by atomic mass is 9.85. The molecule has 1 saturated carbocycles. The number of H-pyrrole nitrogens is 1. The van der Waals surface area contributed by atoms with E-state index < -0.39 is 11.6 Å². The number of benzene rings is 2. The molecule has 174 valence electrons. The van der Waals surface area contributed by atoms with Crippen molar-refractivity contribution in [3.05, 3.63) is 58.9 Å². The fourth-order valence-corrected chi connectivity index (χ4v) is 4.03. The zero-order valence-corrected chi connectivity index (χ0v) is 18.4. The van der Waals surface area contributed by atoms with Crippen LogP contribution >= 0.6 is 11.6 Å². The van der Waals surface area contributed by atoms with Crippen molar-refractivity contribution >= 4 is 34.4 Å². The van der Waals surface area contributed by atoms with Gasteiger partial charge < -0.3 is 20.4 Å². The van der Waals surface area contributed by atoms with Crippen molar-refractivity contribution in [1.82, 2.24) is 20.6 Å². The molecule has 1 heterocycles. The minimum Gasteiger partial charge on any atom is -0.484 e. The molecule has 10 heteroatoms. The number of rotatable bonds is 7. The van der Waals surface area contributed by atoms with Crippen molar-refractivity contribution in [2.24, 2.45) is 5.92 Å². The van der Waals surface area contributed by atoms with E-state index in [1.807, 2.05) is 0 Å². The van der Waals surface area contributed by atoms with E-state index in [2.05, 4.69) is 20.6 Å². The van der Waals surface area contributed by atoms with Crippen LogP contribution in [0.4, 0.5) is 8.78 Å². The molecule has 1 aliphatic carbocycles. The molecule has 3 N–H and O–H groups in total. The summed E-state index contributed by atoms with van der Waals surface area (Å²) >= 11 is 5.82. The third kappa shape index (κ3) is 5.98. The van der Waals surface area contributed by atoms with Gasteiger partial charge in [-0.15, -0.1) is 0 Å². The van der Waals surface area contributed by atoms with Crippen molar-refractivity contribution in [3.8, 4) is 5.75 Å². The summed E-state index contributed by atoms with van der Waals surface area (Å²) in [5.41, 5.74) is 0.670. The van der Waals surface area contributed by atoms with E-state index in [4.69, 9.17) is 16.3 Å². The SMILES string of the molecule is O=C(COc1ccc(Cl)cc1)N[C@H]1CC[C@H](C(=O)NCc2nc3cc(F)c(F)cc3[nH]2)CC1. The Balaban J connectivity index is 1.19. The van der Waals surface area contributed by atoms with E-state index in [1.165, 1.54) is 0 Å². The highest BCUT2D eigenvalue weighted by Gasteiger charge is 2.27. The molecule has 1 fully saturated rings. The summed E-state index contributed by atoms with van der Waals surface area (Å²) in [5.74, 6) is -1.42. The van der Waals surface area contributed by atoms with E-state index in [9.17, 15) is 18.4 Å². The lowest BCUT2D eigenvalue weighted by Crippen LogP contribution is -2.42. The number of aromatic amines is 1. The van der Waals surface area contributed by atoms with E-state index in [1.54, 1.807) is 24.3 Å². The van der Waals surface area contributed by atoms with Gasteiger partial charge in [0.05, 0.1) is 17.6 Å². The largest absolute Gasteiger partial charge is 0.484 e. The molecule has 0 saturated heterocycles. The first-order chi connectivity index (χ1) is 15.9. The molecular weight excluding hydrogens is 454 g/mol. The van der Waals surface area contributed by atoms with Gasteiger partial charge in [0.15, 0.2) is 18.2 Å². The van der Waals surface area contributed by atoms with Crippen molar-refractivity contribution in [3.63, 3.8) is 0 Å². The summed E-state index contributed by atoms with van der Waals surface area (Å²) < 4.78 is 32.1. The molecule has 33 heavy (non-hydrogen) atoms. The van der Waals surface area contributed by atoms with Crippen LogP contribution in [0, 0.1) is 17.6 Å². The molecule has 2 aromatic carbocycles. The predicted molar refractivity (Wildman–Crippen MR) is 119 cm³/mol. The van der Waals surface area contributed by atoms with E-state index >= 15 is 0 Å². The second kappa shape index (κ2) is 10.2. The molecule has 0 radical (unpaired) electrons. The first-order valence-electron chi connectivity index (χ1n) is 10.7. The van der Waals surface area contributed by atoms with Gasteiger partial charge in [-0.05, 0) is 49.9 Å². The quantitative estimate of drug-likeness (QED) is 0.482. The number of aromatic nitrogens is 2. The normalized spacial score (nSPS) is 18.2. The topological polar surface area (TPSA) is 96.1 Å². The number of carbonyl (C=O) groups excluding carboxylic acids is 2. The third-order valence-electron chi connectivity index (χ3n) is 5.65. The molecule has 0 unspecified atom stereocenters. The van der Waals surface area contributed by atoms with Gasteiger partial charge in [-0.25, -0.2) is 13.8 Å². The molecule has 3 aromatic rings. The van der Waals surface area contributed by atoms with Crippen LogP contribution in [0.1, 0.15) is 31.5 Å². The van der Waals surface area contributed by atoms with Crippen LogP contribution in [0.25, 0.3) is 11.0 Å². The summed E-state index contributed by atoms with van der Waals surface area (Å²) in [6, 6.07) is 8.82. The smallest absolute Gasteiger partial charge is 0.258 e. The maximum atomic E-state index is 13.3. The van der Waals surface area contributed by atoms with Crippen molar-refractivity contribution in [1.29, 1.82) is 0 Å². The van der Waals surface area contributed by atoms with Crippen LogP contribution < -0.4 is 15.4 Å². The Hall–Kier alpha value is -3.20. The van der Waals surface area contributed by atoms with Gasteiger partial charge in [0, 0.05) is 29.1 Å². The number of nitrogens with one attached hydrogen (secondary N) is 3. The molecule has 0 atom stereocenters. The van der Waals surface area contributed by atoms with E-state index in [-0.39, 0.29) is 36.9 Å². The highest BCUT2D eigenvalue weighted by molar-refractivity contribution is 6.30. The molecule has 0 spiro atoms. The molecule has 0 aliphatic heterocycles. The Morgan fingerprint density at radius 1 is 1.09 bits per heavy atom. The number of nitrogens with zero attached hydrogens (tertiary/aromatic N) is 1. The van der Waals surface area contributed by atoms with Crippen LogP contribution in [0.3, 0.4) is 0 Å². The summed E-state index contributed by atoms with van der Waals surface area (Å²) in [4.78, 5) is 31.7. The second-order valence-corrected chi connectivity index (χ2v) is 8.48. The van der Waals surface area contributed by atoms with Gasteiger partial charge in [-0.2, -0.15) is 0 Å². The predicted octanol–water partition coefficient (Wildman–Crippen LogP) is 3.86. The van der Waals surface area contributed by atoms with Crippen molar-refractivity contribution in [2.75, 3.05) is 6.61 Å². The number of hydrogen-bond donors (Lipinski definition) is 3. The van der Waals surface area contributed by atoms with Crippen LogP contribution in [0.15, 0.2) is 36.4 Å². The average Bonchev–Trinajstić information content (AvgIpc) is 3.19. The number of imidazole rings is 1. The lowest BCUT2D eigenvalue weighted by molar-refractivity contribution is -0.126. The number of hydrogen-bond acceptors (Lipinski definition) is 4. The Kier molecular flexibility index (Phi) is 7.08. The van der Waals surface area contributed by atoms with Crippen molar-refractivity contribution < 1.29 is 23.1 Å². The van der Waals surface area contributed by atoms with Crippen molar-refractivity contribution in [2.45, 2.75) is 38.3 Å². The third-order valence-corrected chi connectivity index (χ3v) is 5.90. The lowest BCUT2D eigenvalue weighted by Gasteiger charge is -2.28. The first-order valence-corrected chi connectivity index (χ1v) is 11.0. The number of halogens is 3. The van der Waals surface area contributed by atoms with Gasteiger partial charge in [-0.3, -0.25) is 9.59 Å². The maximum absolute atomic E-state index is 13.3. The Labute approximate surface area is 193 Å². The Morgan fingerprint density at radius 2 is 1.79 bits per heavy atom. The number of ether oxygens (including phenoxy) is 1. The van der Waals surface area contributed by atoms with E-state index in [0.29, 0.717) is 53.3 Å². The molecule has 1 aromatic heterocycles. The number of fused-ring (bicyclic) bond motifs is 1. The highest BCUT2D eigenvalue weighted by Crippen LogP contribution is 2.25. The van der Waals surface area contributed by atoms with Gasteiger partial charge in [0.1, 0.15) is 11.6 Å². The van der Waals surface area contributed by atoms with Gasteiger partial charge in [0.2, 0.25) is 5.91 Å². The second-order valence-electron chi connectivity index (χ2n) is 8.04. The zero-order valence-electron chi connectivity index (χ0n) is 17.7. The Bertz CT molecular complexity index is 1110. The molecule has 1 aliphatic rings. The van der Waals surface area contributed by atoms with Gasteiger partial charge in [0.25, 0.3) is 5.91 Å². The highest BCUT2D eigenvalue weighted by atomic mass is 35.5. The fraction of sp³-hybridized carbons (Fsp3) is 0.348. The molecule has 7 nitrogen and oxygen atoms in total. The summed E-state index contributed by atoms with van der Waals surface area (Å²) in [6.45, 7) is 0.0444. The average molecular weight is 477 g/mol. The summed E-state index contributed by atoms with van der Waals surface area (Å²) in [7, 11) is 0. The minimum atomic E-state index is -0.968. The Morgan fingerprint density at radius 3 is 2.52 bits per heavy atom. The molecule has 4 rings (SSSR count). The first kappa shape index (κ1) is 23.0. The van der Waals surface area contributed by atoms with Gasteiger partial charge >= 0.3 is 0 Å². The maximum Gasteiger partial charge on any atom is 0.258 e. The standard InChI is InChI=1S/C23H23ClF2N4O3/c24-14-3-7-16(8-4-14)33-12-22(31)28-15-5-1-13(2-6-15)23(32)27-11-21-29-19-9-17(25)18(26)10-20(19)30-21/h3-4,7-10,13,15H,1-2,5-6,11-12H2,(H,27,32)(H,28,31)(H,29,30)/t13-,15-. The van der Waals surface area contributed by atoms with E-state index in [0.717, 1.165) is 12.1 Å². The monoisotopic (exact) mass is 476 g/mol. The minimum absolute atomic E-state index is 0.00414. The number of carbonyl (C=O) groups is 2. The molecule has 2 amide bonds. The zero-order chi connectivity index (χ0) is 23.4. The molecule has 0 bridgehead atoms. The van der Waals surface area contributed by atoms with Crippen LogP contribution in [-0.4, -0.2) is 34.4 Å². The summed E-state index contributed by atoms with van der Waals surface area (Å²) in [6.07, 6.45) is 2.67. The van der Waals surface area contributed by atoms with Crippen LogP contribution in [0.2, 0.25) is 5.02 Å². The number of amides is 2.